The first-order valence-electron chi connectivity index (χ1n) is 8.69. The van der Waals surface area contributed by atoms with Gasteiger partial charge in [0, 0.05) is 38.3 Å². The van der Waals surface area contributed by atoms with Crippen molar-refractivity contribution in [3.05, 3.63) is 103 Å². The van der Waals surface area contributed by atoms with Crippen molar-refractivity contribution in [3.8, 4) is 22.8 Å². The van der Waals surface area contributed by atoms with Gasteiger partial charge in [-0.1, -0.05) is 42.5 Å². The molecule has 6 heteroatoms. The summed E-state index contributed by atoms with van der Waals surface area (Å²) in [6.45, 7) is 0. The normalized spacial score (nSPS) is 9.97. The van der Waals surface area contributed by atoms with Crippen molar-refractivity contribution in [3.63, 3.8) is 0 Å². The Labute approximate surface area is 181 Å². The monoisotopic (exact) mass is 559 g/mol. The van der Waals surface area contributed by atoms with Crippen molar-refractivity contribution >= 4 is 11.0 Å². The minimum Gasteiger partial charge on any atom is -0.434 e. The van der Waals surface area contributed by atoms with Crippen LogP contribution in [-0.2, 0) is 20.1 Å². The second-order valence-corrected chi connectivity index (χ2v) is 5.89. The largest absolute Gasteiger partial charge is 0.434 e. The van der Waals surface area contributed by atoms with Gasteiger partial charge in [0.25, 0.3) is 0 Å². The van der Waals surface area contributed by atoms with Gasteiger partial charge in [-0.05, 0) is 40.8 Å². The maximum absolute atomic E-state index is 12.6. The number of benzene rings is 2. The van der Waals surface area contributed by atoms with Crippen LogP contribution in [0.25, 0.3) is 33.8 Å². The Bertz CT molecular complexity index is 1130. The van der Waals surface area contributed by atoms with Crippen molar-refractivity contribution in [1.29, 1.82) is 0 Å². The molecule has 5 aromatic rings. The van der Waals surface area contributed by atoms with E-state index < -0.39 is 0 Å². The molecule has 29 heavy (non-hydrogen) atoms. The van der Waals surface area contributed by atoms with Crippen LogP contribution >= 0.6 is 0 Å². The van der Waals surface area contributed by atoms with Gasteiger partial charge in [0.05, 0.1) is 5.69 Å². The molecule has 0 spiro atoms. The molecule has 0 aliphatic rings. The molecule has 0 aliphatic carbocycles. The van der Waals surface area contributed by atoms with E-state index in [2.05, 4.69) is 26.0 Å². The number of halogens is 1. The van der Waals surface area contributed by atoms with Gasteiger partial charge in [0.1, 0.15) is 0 Å². The zero-order chi connectivity index (χ0) is 19.2. The predicted octanol–water partition coefficient (Wildman–Crippen LogP) is 4.94. The number of fused-ring (bicyclic) bond motifs is 1. The van der Waals surface area contributed by atoms with E-state index in [0.717, 1.165) is 28.0 Å². The van der Waals surface area contributed by atoms with Gasteiger partial charge < -0.3 is 15.0 Å². The number of pyridine rings is 2. The van der Waals surface area contributed by atoms with Gasteiger partial charge in [-0.25, -0.2) is 0 Å². The summed E-state index contributed by atoms with van der Waals surface area (Å²) in [4.78, 5) is 17.2. The maximum Gasteiger partial charge on any atom is 0.0620 e. The first-order chi connectivity index (χ1) is 13.8. The fraction of sp³-hybridized carbons (Fsp3) is 0. The Morgan fingerprint density at radius 2 is 1.45 bits per heavy atom. The molecule has 4 nitrogen and oxygen atoms in total. The summed E-state index contributed by atoms with van der Waals surface area (Å²) < 4.78 is 12.6. The molecular formula is C23H15FIrN4-2. The van der Waals surface area contributed by atoms with Gasteiger partial charge in [-0.3, -0.25) is 9.37 Å². The fourth-order valence-corrected chi connectivity index (χ4v) is 2.60. The molecular weight excluding hydrogens is 543 g/mol. The second-order valence-electron chi connectivity index (χ2n) is 5.89. The second kappa shape index (κ2) is 9.82. The van der Waals surface area contributed by atoms with Crippen molar-refractivity contribution in [2.45, 2.75) is 0 Å². The first-order valence-corrected chi connectivity index (χ1v) is 8.69. The Morgan fingerprint density at radius 1 is 0.759 bits per heavy atom. The molecule has 3 heterocycles. The van der Waals surface area contributed by atoms with E-state index in [1.807, 2.05) is 60.7 Å². The van der Waals surface area contributed by atoms with E-state index in [9.17, 15) is 4.39 Å². The van der Waals surface area contributed by atoms with Crippen LogP contribution in [-0.4, -0.2) is 15.0 Å². The molecule has 0 atom stereocenters. The van der Waals surface area contributed by atoms with E-state index in [4.69, 9.17) is 0 Å². The van der Waals surface area contributed by atoms with E-state index in [-0.39, 0.29) is 25.9 Å². The Morgan fingerprint density at radius 3 is 2.07 bits per heavy atom. The van der Waals surface area contributed by atoms with Crippen molar-refractivity contribution < 1.29 is 24.5 Å². The van der Waals surface area contributed by atoms with Crippen LogP contribution in [0.3, 0.4) is 0 Å². The van der Waals surface area contributed by atoms with Gasteiger partial charge in [-0.2, -0.15) is 0 Å². The average Bonchev–Trinajstić information content (AvgIpc) is 3.20. The van der Waals surface area contributed by atoms with Crippen LogP contribution in [0.15, 0.2) is 91.3 Å². The van der Waals surface area contributed by atoms with Crippen LogP contribution in [0.4, 0.5) is 4.39 Å². The number of hydrogen-bond donors (Lipinski definition) is 0. The average molecular weight is 559 g/mol. The van der Waals surface area contributed by atoms with Gasteiger partial charge in [-0.15, -0.1) is 29.8 Å². The Balaban J connectivity index is 0.000000162. The molecule has 0 N–H and O–H groups in total. The zero-order valence-electron chi connectivity index (χ0n) is 15.2. The molecule has 0 amide bonds. The number of para-hydroxylation sites is 2. The van der Waals surface area contributed by atoms with Gasteiger partial charge in [0.15, 0.2) is 0 Å². The van der Waals surface area contributed by atoms with E-state index in [1.165, 1.54) is 12.1 Å². The third kappa shape index (κ3) is 5.19. The SMILES string of the molecule is Fc1c[c-]c(-c2ccccn2)cc1.[Ir].c1ccc(-c2nc3ccccc3[n-]2)nc1. The molecule has 145 valence electrons. The topological polar surface area (TPSA) is 52.8 Å². The van der Waals surface area contributed by atoms with Crippen LogP contribution < -0.4 is 4.98 Å². The van der Waals surface area contributed by atoms with Crippen LogP contribution in [0, 0.1) is 11.9 Å². The maximum atomic E-state index is 12.6. The summed E-state index contributed by atoms with van der Waals surface area (Å²) in [7, 11) is 0. The Kier molecular flexibility index (Phi) is 6.95. The summed E-state index contributed by atoms with van der Waals surface area (Å²) in [6.07, 6.45) is 3.45. The number of nitrogens with zero attached hydrogens (tertiary/aromatic N) is 4. The fourth-order valence-electron chi connectivity index (χ4n) is 2.60. The summed E-state index contributed by atoms with van der Waals surface area (Å²) in [5.74, 6) is 0.413. The summed E-state index contributed by atoms with van der Waals surface area (Å²) in [6, 6.07) is 26.3. The number of aromatic nitrogens is 4. The predicted molar refractivity (Wildman–Crippen MR) is 107 cm³/mol. The number of hydrogen-bond acceptors (Lipinski definition) is 3. The van der Waals surface area contributed by atoms with Gasteiger partial charge >= 0.3 is 0 Å². The molecule has 3 aromatic heterocycles. The zero-order valence-corrected chi connectivity index (χ0v) is 17.6. The molecule has 2 aromatic carbocycles. The third-order valence-electron chi connectivity index (χ3n) is 3.94. The van der Waals surface area contributed by atoms with Gasteiger partial charge in [0.2, 0.25) is 0 Å². The van der Waals surface area contributed by atoms with Crippen LogP contribution in [0.1, 0.15) is 0 Å². The summed E-state index contributed by atoms with van der Waals surface area (Å²) >= 11 is 0. The Hall–Kier alpha value is -3.21. The molecule has 0 unspecified atom stereocenters. The first kappa shape index (κ1) is 20.5. The smallest absolute Gasteiger partial charge is 0.0620 e. The number of rotatable bonds is 2. The van der Waals surface area contributed by atoms with Crippen LogP contribution in [0.5, 0.6) is 0 Å². The standard InChI is InChI=1S/C12H8N3.C11H7FN.Ir/c1-2-6-10-9(5-1)14-12(15-10)11-7-3-4-8-13-11;12-10-6-4-9(5-7-10)11-3-1-2-8-13-11;/h1-8H;1-4,6-8H;/q2*-1;. The molecule has 0 saturated carbocycles. The van der Waals surface area contributed by atoms with Crippen molar-refractivity contribution in [1.82, 2.24) is 19.9 Å². The molecule has 1 radical (unpaired) electrons. The molecule has 5 rings (SSSR count). The van der Waals surface area contributed by atoms with Crippen molar-refractivity contribution in [2.75, 3.05) is 0 Å². The number of imidazole rings is 1. The quantitative estimate of drug-likeness (QED) is 0.288. The van der Waals surface area contributed by atoms with E-state index in [1.54, 1.807) is 18.5 Å². The summed E-state index contributed by atoms with van der Waals surface area (Å²) in [5.41, 5.74) is 4.26. The van der Waals surface area contributed by atoms with E-state index in [0.29, 0.717) is 5.82 Å². The molecule has 0 saturated heterocycles. The van der Waals surface area contributed by atoms with E-state index >= 15 is 0 Å². The molecule has 0 fully saturated rings. The third-order valence-corrected chi connectivity index (χ3v) is 3.94. The van der Waals surface area contributed by atoms with Crippen molar-refractivity contribution in [2.24, 2.45) is 0 Å². The van der Waals surface area contributed by atoms with Crippen LogP contribution in [0.2, 0.25) is 0 Å². The summed E-state index contributed by atoms with van der Waals surface area (Å²) in [5, 5.41) is 0. The molecule has 0 bridgehead atoms. The minimum absolute atomic E-state index is 0. The molecule has 0 aliphatic heterocycles. The minimum atomic E-state index is -0.278.